The van der Waals surface area contributed by atoms with Crippen LogP contribution in [0.5, 0.6) is 0 Å². The number of ether oxygens (including phenoxy) is 13. The van der Waals surface area contributed by atoms with Crippen LogP contribution in [0.1, 0.15) is 135 Å². The van der Waals surface area contributed by atoms with E-state index in [-0.39, 0.29) is 94.5 Å². The Morgan fingerprint density at radius 3 is 2.06 bits per heavy atom. The van der Waals surface area contributed by atoms with Gasteiger partial charge < -0.3 is 119 Å². The first-order valence-corrected chi connectivity index (χ1v) is 44.1. The Labute approximate surface area is 732 Å². The highest BCUT2D eigenvalue weighted by atomic mass is 16.6. The van der Waals surface area contributed by atoms with Crippen LogP contribution >= 0.6 is 0 Å². The van der Waals surface area contributed by atoms with Gasteiger partial charge >= 0.3 is 12.1 Å². The molecule has 690 valence electrons. The van der Waals surface area contributed by atoms with E-state index in [1.165, 1.54) is 12.7 Å². The number of benzene rings is 3. The molecule has 4 aliphatic heterocycles. The topological polar surface area (TPSA) is 444 Å². The summed E-state index contributed by atoms with van der Waals surface area (Å²) in [4.78, 5) is 90.7. The van der Waals surface area contributed by atoms with E-state index >= 15 is 0 Å². The highest BCUT2D eigenvalue weighted by Gasteiger charge is 2.53. The number of nitrogens with zero attached hydrogens (tertiary/aromatic N) is 5. The van der Waals surface area contributed by atoms with Crippen LogP contribution in [0.2, 0.25) is 0 Å². The summed E-state index contributed by atoms with van der Waals surface area (Å²) in [5.74, 6) is -8.56. The maximum Gasteiger partial charge on any atom is 0.407 e. The van der Waals surface area contributed by atoms with Crippen molar-refractivity contribution in [3.05, 3.63) is 119 Å². The molecule has 1 saturated carbocycles. The summed E-state index contributed by atoms with van der Waals surface area (Å²) in [6.45, 7) is 17.5. The summed E-state index contributed by atoms with van der Waals surface area (Å²) in [5, 5.41) is 55.2. The van der Waals surface area contributed by atoms with Crippen LogP contribution in [0.25, 0.3) is 33.3 Å². The molecule has 0 unspecified atom stereocenters. The second kappa shape index (κ2) is 49.8. The van der Waals surface area contributed by atoms with Gasteiger partial charge in [0.15, 0.2) is 11.4 Å². The number of rotatable bonds is 35. The molecule has 3 amide bonds. The van der Waals surface area contributed by atoms with Gasteiger partial charge in [-0.3, -0.25) is 23.9 Å². The van der Waals surface area contributed by atoms with Crippen LogP contribution in [0.4, 0.5) is 16.5 Å². The predicted molar refractivity (Wildman–Crippen MR) is 465 cm³/mol. The molecule has 33 heteroatoms. The van der Waals surface area contributed by atoms with Gasteiger partial charge in [0.05, 0.1) is 141 Å². The molecule has 3 aromatic carbocycles. The molecular formula is C92H133N9O24. The lowest BCUT2D eigenvalue weighted by molar-refractivity contribution is -0.265. The summed E-state index contributed by atoms with van der Waals surface area (Å²) >= 11 is 0. The number of aliphatic hydroxyl groups is 4. The Morgan fingerprint density at radius 2 is 1.38 bits per heavy atom. The third-order valence-electron chi connectivity index (χ3n) is 24.2. The van der Waals surface area contributed by atoms with Gasteiger partial charge in [-0.2, -0.15) is 10.1 Å². The first kappa shape index (κ1) is 98.7. The number of aliphatic hydroxyl groups excluding tert-OH is 3. The van der Waals surface area contributed by atoms with Crippen molar-refractivity contribution in [2.75, 3.05) is 151 Å². The molecule has 1 aliphatic carbocycles. The number of Topliss-reactive ketones (excluding diaryl/α,β-unsaturated/α-hetero) is 2. The number of cyclic esters (lactones) is 1. The second-order valence-corrected chi connectivity index (χ2v) is 33.6. The van der Waals surface area contributed by atoms with Crippen molar-refractivity contribution in [3.63, 3.8) is 0 Å². The van der Waals surface area contributed by atoms with E-state index in [0.717, 1.165) is 50.2 Å². The van der Waals surface area contributed by atoms with Crippen LogP contribution in [0.15, 0.2) is 107 Å². The molecule has 2 saturated heterocycles. The molecule has 5 aromatic rings. The van der Waals surface area contributed by atoms with E-state index in [0.29, 0.717) is 167 Å². The van der Waals surface area contributed by atoms with Crippen molar-refractivity contribution in [3.8, 4) is 11.3 Å². The monoisotopic (exact) mass is 1750 g/mol. The van der Waals surface area contributed by atoms with Crippen molar-refractivity contribution >= 4 is 69.1 Å². The van der Waals surface area contributed by atoms with Crippen molar-refractivity contribution in [2.24, 2.45) is 35.3 Å². The minimum Gasteiger partial charge on any atom is -0.459 e. The van der Waals surface area contributed by atoms with Crippen LogP contribution in [-0.4, -0.2) is 287 Å². The van der Waals surface area contributed by atoms with Crippen LogP contribution in [0, 0.1) is 29.6 Å². The van der Waals surface area contributed by atoms with E-state index < -0.39 is 114 Å². The highest BCUT2D eigenvalue weighted by molar-refractivity contribution is 6.39. The summed E-state index contributed by atoms with van der Waals surface area (Å²) in [5.41, 5.74) is 28.2. The molecule has 3 fully saturated rings. The summed E-state index contributed by atoms with van der Waals surface area (Å²) < 4.78 is 82.5. The Hall–Kier alpha value is -8.46. The number of aromatic nitrogens is 3. The molecule has 33 nitrogen and oxygen atoms in total. The maximum atomic E-state index is 14.7. The fourth-order valence-corrected chi connectivity index (χ4v) is 16.9. The normalized spacial score (nSPS) is 27.1. The molecule has 6 heterocycles. The smallest absolute Gasteiger partial charge is 0.407 e. The van der Waals surface area contributed by atoms with E-state index in [1.54, 1.807) is 40.9 Å². The maximum absolute atomic E-state index is 14.7. The number of piperidine rings is 1. The number of amides is 3. The quantitative estimate of drug-likeness (QED) is 0.00629. The molecule has 2 bridgehead atoms. The van der Waals surface area contributed by atoms with Gasteiger partial charge in [0.1, 0.15) is 48.3 Å². The number of ketones is 2. The number of alkyl carbamates (subject to hydrolysis) is 1. The number of fused-ring (bicyclic) bond motifs is 6. The number of hydrogen-bond acceptors (Lipinski definition) is 29. The zero-order chi connectivity index (χ0) is 89.5. The number of nitrogens with one attached hydrogen (secondary N) is 1. The molecule has 11 N–H and O–H groups in total. The number of esters is 1. The number of oxazole rings is 1. The minimum absolute atomic E-state index is 0.0154. The largest absolute Gasteiger partial charge is 0.459 e. The third kappa shape index (κ3) is 28.8. The van der Waals surface area contributed by atoms with Gasteiger partial charge in [-0.15, -0.1) is 0 Å². The molecule has 0 radical (unpaired) electrons. The van der Waals surface area contributed by atoms with Gasteiger partial charge in [-0.05, 0) is 154 Å². The van der Waals surface area contributed by atoms with Crippen LogP contribution in [0.3, 0.4) is 0 Å². The predicted octanol–water partition coefficient (Wildman–Crippen LogP) is 7.83. The molecule has 2 aromatic heterocycles. The molecule has 16 atom stereocenters. The lowest BCUT2D eigenvalue weighted by Gasteiger charge is -2.42. The Kier molecular flexibility index (Phi) is 39.3. The third-order valence-corrected chi connectivity index (χ3v) is 24.2. The molecular weight excluding hydrogens is 1620 g/mol. The van der Waals surface area contributed by atoms with E-state index in [9.17, 15) is 49.2 Å². The van der Waals surface area contributed by atoms with E-state index in [4.69, 9.17) is 88.3 Å². The number of nitrogens with two attached hydrogens (primary N) is 3. The second-order valence-electron chi connectivity index (χ2n) is 33.6. The van der Waals surface area contributed by atoms with Gasteiger partial charge in [-0.25, -0.2) is 9.59 Å². The number of anilines is 2. The number of methoxy groups -OCH3 is 2. The number of nitrogen functional groups attached to an aromatic ring is 2. The standard InChI is InChI=1S/C92H133N9O24/c1-58-15-10-9-11-16-59(2)78(112-7)53-69-25-20-63(6)92(111,125-69)87(107)88(108)100-30-13-12-18-74(100)89(109)122-79(54-75(102)60(3)48-62(5)85(105)86(106)84(104)61(4)47-58)71(94)50-64-22-26-77(80(51-64)113-8)124-91(110)96-29-32-114-33-34-115-35-36-116-37-38-117-39-40-118-41-42-119-43-44-120-45-46-121-57-81(103)99-31-28-66-49-65(21-23-68(66)56-99)55-101-73-19-14-17-70(93)82(73)83(98-101)67-24-27-76-72(52-67)97-90(95)123-76/h9-11,14-17,19,21,23-24,27,48-49,52,58,60-61,63-64,69,71,74-75,77-80,85-86,102,105-106,111H,12-13,18,20,22,25-26,28-47,50-51,53-57,93-94H2,1-8H3,(H2,95,97)(H,96,110)/b11-9?,15-10+,59-16?,62-48+/t58-,60-,61-,63-,64+,69+,71-,74+,75-,77-,78+,79+,80-,85-,86+,92-/m1/s1. The number of hydrogen-bond donors (Lipinski definition) is 8. The Morgan fingerprint density at radius 1 is 0.696 bits per heavy atom. The summed E-state index contributed by atoms with van der Waals surface area (Å²) in [7, 11) is 3.08. The number of carbonyl (C=O) groups excluding carboxylic acids is 6. The van der Waals surface area contributed by atoms with Crippen LogP contribution in [-0.2, 0) is 105 Å². The zero-order valence-electron chi connectivity index (χ0n) is 73.8. The average Bonchev–Trinajstić information content (AvgIpc) is 1.46. The van der Waals surface area contributed by atoms with Crippen LogP contribution < -0.4 is 22.5 Å². The van der Waals surface area contributed by atoms with Crippen molar-refractivity contribution in [1.82, 2.24) is 29.9 Å². The lowest BCUT2D eigenvalue weighted by Crippen LogP contribution is -2.61. The molecule has 0 spiro atoms. The average molecular weight is 1750 g/mol. The summed E-state index contributed by atoms with van der Waals surface area (Å²) in [6.07, 6.45) is 7.00. The van der Waals surface area contributed by atoms with Gasteiger partial charge in [0.2, 0.25) is 11.7 Å². The molecule has 5 aliphatic rings. The minimum atomic E-state index is -2.50. The zero-order valence-corrected chi connectivity index (χ0v) is 73.8. The first-order valence-electron chi connectivity index (χ1n) is 44.1. The fourth-order valence-electron chi connectivity index (χ4n) is 16.9. The Balaban J connectivity index is 0.554. The first-order chi connectivity index (χ1) is 60.2. The summed E-state index contributed by atoms with van der Waals surface area (Å²) in [6, 6.07) is 15.8. The van der Waals surface area contributed by atoms with Crippen molar-refractivity contribution < 1.29 is 115 Å². The molecule has 125 heavy (non-hydrogen) atoms. The SMILES string of the molecule is CO[C@H]1C[C@@H]2CC[C@@H](C)[C@@](O)(O2)C(=O)C(=O)N2CCCC[C@H]2C(=O)O[C@H]([C@H](N)C[C@@H]2CC[C@@H](OC(=O)NCCOCCOCCOCCOCCOCCOCCOCCOCC(=O)N3CCc4cc(Cn5nc(-c6ccc7oc(N)nc7c6)c6c(N)cccc65)ccc4C3)[C@H](OC)C2)C[C@@H](O)[C@H](C)/C=C(\C)[C@@H](O)[C@@H](O)C(=O)[C@H](C)C[C@H](C)/C=C/C=CC=C1C. The van der Waals surface area contributed by atoms with E-state index in [1.807, 2.05) is 90.2 Å². The van der Waals surface area contributed by atoms with E-state index in [2.05, 4.69) is 28.5 Å². The molecule has 10 rings (SSSR count). The highest BCUT2D eigenvalue weighted by Crippen LogP contribution is 2.40. The number of allylic oxidation sites excluding steroid dienone is 5. The van der Waals surface area contributed by atoms with Gasteiger partial charge in [0, 0.05) is 88.3 Å². The Bertz CT molecular complexity index is 4420. The van der Waals surface area contributed by atoms with Gasteiger partial charge in [0.25, 0.3) is 17.7 Å². The van der Waals surface area contributed by atoms with Crippen molar-refractivity contribution in [2.45, 2.75) is 205 Å². The lowest BCUT2D eigenvalue weighted by atomic mass is 9.80. The number of carbonyl (C=O) groups is 6. The van der Waals surface area contributed by atoms with Crippen molar-refractivity contribution in [1.29, 1.82) is 0 Å². The van der Waals surface area contributed by atoms with Gasteiger partial charge in [-0.1, -0.05) is 88.4 Å². The fraction of sp³-hybridized carbons (Fsp3) is 0.630.